The third kappa shape index (κ3) is 3.59. The number of pyridine rings is 1. The molecule has 0 aliphatic heterocycles. The number of nitrogens with two attached hydrogens (primary N) is 1. The first-order valence-electron chi connectivity index (χ1n) is 6.45. The Hall–Kier alpha value is -1.30. The Bertz CT molecular complexity index is 471. The quantitative estimate of drug-likeness (QED) is 0.880. The van der Waals surface area contributed by atoms with Gasteiger partial charge in [0.15, 0.2) is 0 Å². The maximum absolute atomic E-state index is 6.30. The van der Waals surface area contributed by atoms with E-state index in [4.69, 9.17) is 5.73 Å². The fourth-order valence-corrected chi connectivity index (χ4v) is 2.83. The predicted molar refractivity (Wildman–Crippen MR) is 78.8 cm³/mol. The first kappa shape index (κ1) is 14.1. The van der Waals surface area contributed by atoms with Crippen LogP contribution >= 0.6 is 11.3 Å². The molecule has 0 aliphatic carbocycles. The summed E-state index contributed by atoms with van der Waals surface area (Å²) in [5.74, 6) is 0. The Balaban J connectivity index is 2.18. The summed E-state index contributed by atoms with van der Waals surface area (Å²) < 4.78 is 0. The molecule has 0 saturated heterocycles. The summed E-state index contributed by atoms with van der Waals surface area (Å²) in [6.07, 6.45) is 4.58. The van der Waals surface area contributed by atoms with E-state index in [2.05, 4.69) is 34.2 Å². The Labute approximate surface area is 118 Å². The van der Waals surface area contributed by atoms with Crippen LogP contribution in [-0.4, -0.2) is 28.0 Å². The van der Waals surface area contributed by atoms with Gasteiger partial charge in [-0.15, -0.1) is 11.3 Å². The lowest BCUT2D eigenvalue weighted by molar-refractivity contribution is 0.200. The average Bonchev–Trinajstić information content (AvgIpc) is 2.93. The number of likely N-dealkylation sites (N-methyl/N-ethyl adjacent to an activating group) is 1. The second-order valence-electron chi connectivity index (χ2n) is 4.69. The topological polar surface area (TPSA) is 55.0 Å². The van der Waals surface area contributed by atoms with Crippen molar-refractivity contribution in [1.82, 2.24) is 14.9 Å². The largest absolute Gasteiger partial charge is 0.326 e. The zero-order valence-corrected chi connectivity index (χ0v) is 12.2. The van der Waals surface area contributed by atoms with Crippen LogP contribution < -0.4 is 5.73 Å². The molecule has 0 amide bonds. The molecule has 0 bridgehead atoms. The monoisotopic (exact) mass is 276 g/mol. The van der Waals surface area contributed by atoms with Gasteiger partial charge in [-0.05, 0) is 31.2 Å². The molecule has 0 fully saturated rings. The summed E-state index contributed by atoms with van der Waals surface area (Å²) in [6.45, 7) is 2.93. The first-order chi connectivity index (χ1) is 9.22. The van der Waals surface area contributed by atoms with Crippen LogP contribution in [0.4, 0.5) is 0 Å². The molecule has 19 heavy (non-hydrogen) atoms. The molecule has 0 aliphatic rings. The zero-order chi connectivity index (χ0) is 13.7. The summed E-state index contributed by atoms with van der Waals surface area (Å²) in [6, 6.07) is 4.37. The maximum atomic E-state index is 6.30. The maximum Gasteiger partial charge on any atom is 0.0795 e. The van der Waals surface area contributed by atoms with Crippen LogP contribution in [0, 0.1) is 0 Å². The highest BCUT2D eigenvalue weighted by molar-refractivity contribution is 7.07. The molecule has 2 atom stereocenters. The standard InChI is InChI=1S/C14H20N4S/c1-3-13(15)14(11-4-6-16-7-5-11)18(2)8-12-9-19-10-17-12/h4-7,9-10,13-14H,3,8,15H2,1-2H3. The molecular formula is C14H20N4S. The van der Waals surface area contributed by atoms with Crippen LogP contribution in [0.25, 0.3) is 0 Å². The van der Waals surface area contributed by atoms with Crippen molar-refractivity contribution in [2.45, 2.75) is 32.0 Å². The lowest BCUT2D eigenvalue weighted by atomic mass is 9.97. The van der Waals surface area contributed by atoms with Gasteiger partial charge in [0.2, 0.25) is 0 Å². The van der Waals surface area contributed by atoms with E-state index in [-0.39, 0.29) is 12.1 Å². The Morgan fingerprint density at radius 3 is 2.68 bits per heavy atom. The molecular weight excluding hydrogens is 256 g/mol. The smallest absolute Gasteiger partial charge is 0.0795 e. The van der Waals surface area contributed by atoms with Crippen molar-refractivity contribution >= 4 is 11.3 Å². The van der Waals surface area contributed by atoms with Crippen molar-refractivity contribution in [3.05, 3.63) is 46.7 Å². The number of rotatable bonds is 6. The van der Waals surface area contributed by atoms with E-state index in [1.165, 1.54) is 5.56 Å². The van der Waals surface area contributed by atoms with Gasteiger partial charge >= 0.3 is 0 Å². The third-order valence-electron chi connectivity index (χ3n) is 3.29. The lowest BCUT2D eigenvalue weighted by Gasteiger charge is -2.32. The van der Waals surface area contributed by atoms with E-state index in [1.807, 2.05) is 30.0 Å². The summed E-state index contributed by atoms with van der Waals surface area (Å²) in [4.78, 5) is 10.7. The number of aromatic nitrogens is 2. The minimum atomic E-state index is 0.103. The molecule has 4 nitrogen and oxygen atoms in total. The SMILES string of the molecule is CCC(N)C(c1ccncc1)N(C)Cc1cscn1. The van der Waals surface area contributed by atoms with Crippen LogP contribution in [0.2, 0.25) is 0 Å². The minimum Gasteiger partial charge on any atom is -0.326 e. The normalized spacial score (nSPS) is 14.5. The Morgan fingerprint density at radius 1 is 1.37 bits per heavy atom. The molecule has 0 saturated carbocycles. The number of nitrogens with zero attached hydrogens (tertiary/aromatic N) is 3. The van der Waals surface area contributed by atoms with Gasteiger partial charge in [-0.2, -0.15) is 0 Å². The van der Waals surface area contributed by atoms with E-state index >= 15 is 0 Å². The van der Waals surface area contributed by atoms with Gasteiger partial charge in [-0.25, -0.2) is 4.98 Å². The van der Waals surface area contributed by atoms with Gasteiger partial charge in [0.25, 0.3) is 0 Å². The van der Waals surface area contributed by atoms with Crippen LogP contribution in [0.3, 0.4) is 0 Å². The van der Waals surface area contributed by atoms with Crippen LogP contribution in [0.5, 0.6) is 0 Å². The highest BCUT2D eigenvalue weighted by Crippen LogP contribution is 2.24. The molecule has 2 aromatic rings. The van der Waals surface area contributed by atoms with Crippen LogP contribution in [0.15, 0.2) is 35.4 Å². The zero-order valence-electron chi connectivity index (χ0n) is 11.4. The van der Waals surface area contributed by atoms with E-state index in [9.17, 15) is 0 Å². The third-order valence-corrected chi connectivity index (χ3v) is 3.93. The van der Waals surface area contributed by atoms with Crippen molar-refractivity contribution in [2.75, 3.05) is 7.05 Å². The van der Waals surface area contributed by atoms with Gasteiger partial charge < -0.3 is 5.73 Å². The molecule has 2 heterocycles. The van der Waals surface area contributed by atoms with Gasteiger partial charge in [-0.3, -0.25) is 9.88 Å². The molecule has 0 spiro atoms. The summed E-state index contributed by atoms with van der Waals surface area (Å²) in [7, 11) is 2.10. The second-order valence-corrected chi connectivity index (χ2v) is 5.41. The number of hydrogen-bond donors (Lipinski definition) is 1. The molecule has 2 unspecified atom stereocenters. The minimum absolute atomic E-state index is 0.103. The van der Waals surface area contributed by atoms with Crippen molar-refractivity contribution in [2.24, 2.45) is 5.73 Å². The van der Waals surface area contributed by atoms with E-state index in [0.717, 1.165) is 18.7 Å². The molecule has 2 aromatic heterocycles. The number of thiazole rings is 1. The molecule has 0 aromatic carbocycles. The van der Waals surface area contributed by atoms with E-state index in [0.29, 0.717) is 0 Å². The van der Waals surface area contributed by atoms with Crippen molar-refractivity contribution in [3.8, 4) is 0 Å². The summed E-state index contributed by atoms with van der Waals surface area (Å²) in [5.41, 5.74) is 10.5. The molecule has 0 radical (unpaired) electrons. The van der Waals surface area contributed by atoms with E-state index < -0.39 is 0 Å². The van der Waals surface area contributed by atoms with Gasteiger partial charge in [0.1, 0.15) is 0 Å². The van der Waals surface area contributed by atoms with Crippen molar-refractivity contribution in [1.29, 1.82) is 0 Å². The van der Waals surface area contributed by atoms with Gasteiger partial charge in [0.05, 0.1) is 17.2 Å². The van der Waals surface area contributed by atoms with Crippen molar-refractivity contribution in [3.63, 3.8) is 0 Å². The van der Waals surface area contributed by atoms with Crippen molar-refractivity contribution < 1.29 is 0 Å². The second kappa shape index (κ2) is 6.75. The van der Waals surface area contributed by atoms with Crippen LogP contribution in [-0.2, 0) is 6.54 Å². The average molecular weight is 276 g/mol. The van der Waals surface area contributed by atoms with E-state index in [1.54, 1.807) is 11.3 Å². The fourth-order valence-electron chi connectivity index (χ4n) is 2.28. The van der Waals surface area contributed by atoms with Gasteiger partial charge in [-0.1, -0.05) is 6.92 Å². The van der Waals surface area contributed by atoms with Gasteiger partial charge in [0, 0.05) is 30.4 Å². The predicted octanol–water partition coefficient (Wildman–Crippen LogP) is 2.45. The molecule has 2 N–H and O–H groups in total. The lowest BCUT2D eigenvalue weighted by Crippen LogP contribution is -2.38. The highest BCUT2D eigenvalue weighted by Gasteiger charge is 2.23. The van der Waals surface area contributed by atoms with Crippen LogP contribution in [0.1, 0.15) is 30.6 Å². The number of hydrogen-bond acceptors (Lipinski definition) is 5. The Morgan fingerprint density at radius 2 is 2.11 bits per heavy atom. The first-order valence-corrected chi connectivity index (χ1v) is 7.39. The molecule has 102 valence electrons. The molecule has 5 heteroatoms. The molecule has 2 rings (SSSR count). The summed E-state index contributed by atoms with van der Waals surface area (Å²) in [5, 5.41) is 2.08. The summed E-state index contributed by atoms with van der Waals surface area (Å²) >= 11 is 1.62. The Kier molecular flexibility index (Phi) is 5.01. The fraction of sp³-hybridized carbons (Fsp3) is 0.429. The highest BCUT2D eigenvalue weighted by atomic mass is 32.1.